The first kappa shape index (κ1) is 10.9. The molecule has 1 amide bonds. The van der Waals surface area contributed by atoms with Gasteiger partial charge in [0, 0.05) is 18.5 Å². The molecule has 2 atom stereocenters. The molecule has 15 heavy (non-hydrogen) atoms. The lowest BCUT2D eigenvalue weighted by Crippen LogP contribution is -2.32. The van der Waals surface area contributed by atoms with Crippen molar-refractivity contribution in [3.05, 3.63) is 0 Å². The minimum absolute atomic E-state index is 0.260. The van der Waals surface area contributed by atoms with Crippen molar-refractivity contribution in [3.8, 4) is 0 Å². The molecule has 1 saturated carbocycles. The summed E-state index contributed by atoms with van der Waals surface area (Å²) in [5, 5.41) is 6.49. The summed E-state index contributed by atoms with van der Waals surface area (Å²) in [6.45, 7) is 6.31. The van der Waals surface area contributed by atoms with Crippen molar-refractivity contribution in [3.63, 3.8) is 0 Å². The largest absolute Gasteiger partial charge is 0.356 e. The molecule has 0 aromatic rings. The summed E-state index contributed by atoms with van der Waals surface area (Å²) in [5.74, 6) is 0.534. The van der Waals surface area contributed by atoms with Crippen molar-refractivity contribution in [2.75, 3.05) is 13.1 Å². The van der Waals surface area contributed by atoms with E-state index < -0.39 is 0 Å². The van der Waals surface area contributed by atoms with E-state index >= 15 is 0 Å². The number of hydrogen-bond donors (Lipinski definition) is 2. The van der Waals surface area contributed by atoms with Gasteiger partial charge in [-0.3, -0.25) is 4.79 Å². The molecule has 1 aliphatic carbocycles. The van der Waals surface area contributed by atoms with Crippen molar-refractivity contribution in [2.24, 2.45) is 11.3 Å². The predicted molar refractivity (Wildman–Crippen MR) is 60.5 cm³/mol. The van der Waals surface area contributed by atoms with Crippen molar-refractivity contribution in [2.45, 2.75) is 45.6 Å². The maximum Gasteiger partial charge on any atom is 0.223 e. The second kappa shape index (κ2) is 4.12. The molecule has 1 unspecified atom stereocenters. The fraction of sp³-hybridized carbons (Fsp3) is 0.917. The van der Waals surface area contributed by atoms with E-state index in [2.05, 4.69) is 24.5 Å². The monoisotopic (exact) mass is 210 g/mol. The third-order valence-corrected chi connectivity index (χ3v) is 3.78. The average molecular weight is 210 g/mol. The van der Waals surface area contributed by atoms with Gasteiger partial charge in [-0.05, 0) is 37.6 Å². The van der Waals surface area contributed by atoms with E-state index in [1.807, 2.05) is 0 Å². The summed E-state index contributed by atoms with van der Waals surface area (Å²) >= 11 is 0. The number of carbonyl (C=O) groups is 1. The van der Waals surface area contributed by atoms with Gasteiger partial charge in [-0.25, -0.2) is 0 Å². The highest BCUT2D eigenvalue weighted by molar-refractivity contribution is 5.82. The Balaban J connectivity index is 1.60. The van der Waals surface area contributed by atoms with Crippen LogP contribution in [0.5, 0.6) is 0 Å². The molecule has 1 saturated heterocycles. The average Bonchev–Trinajstić information content (AvgIpc) is 2.65. The van der Waals surface area contributed by atoms with E-state index in [4.69, 9.17) is 0 Å². The number of rotatable bonds is 4. The Kier molecular flexibility index (Phi) is 3.01. The van der Waals surface area contributed by atoms with Gasteiger partial charge < -0.3 is 10.6 Å². The minimum Gasteiger partial charge on any atom is -0.356 e. The maximum atomic E-state index is 11.7. The predicted octanol–water partition coefficient (Wildman–Crippen LogP) is 1.29. The third-order valence-electron chi connectivity index (χ3n) is 3.78. The van der Waals surface area contributed by atoms with Gasteiger partial charge in [0.2, 0.25) is 5.91 Å². The second-order valence-electron chi connectivity index (χ2n) is 5.62. The molecule has 0 aromatic heterocycles. The summed E-state index contributed by atoms with van der Waals surface area (Å²) in [7, 11) is 0. The zero-order chi connectivity index (χ0) is 10.9. The maximum absolute atomic E-state index is 11.7. The van der Waals surface area contributed by atoms with Crippen LogP contribution in [0.3, 0.4) is 0 Å². The van der Waals surface area contributed by atoms with Crippen LogP contribution in [0.1, 0.15) is 39.5 Å². The summed E-state index contributed by atoms with van der Waals surface area (Å²) in [6, 6.07) is 0.637. The molecule has 2 N–H and O–H groups in total. The lowest BCUT2D eigenvalue weighted by atomic mass is 10.1. The van der Waals surface area contributed by atoms with Crippen LogP contribution in [0.25, 0.3) is 0 Å². The van der Waals surface area contributed by atoms with Gasteiger partial charge in [0.05, 0.1) is 0 Å². The molecular weight excluding hydrogens is 188 g/mol. The highest BCUT2D eigenvalue weighted by Crippen LogP contribution is 2.51. The van der Waals surface area contributed by atoms with Crippen LogP contribution in [-0.2, 0) is 4.79 Å². The normalized spacial score (nSPS) is 32.7. The van der Waals surface area contributed by atoms with Crippen LogP contribution >= 0.6 is 0 Å². The van der Waals surface area contributed by atoms with Gasteiger partial charge in [-0.15, -0.1) is 0 Å². The lowest BCUT2D eigenvalue weighted by Gasteiger charge is -2.11. The Morgan fingerprint density at radius 3 is 2.80 bits per heavy atom. The van der Waals surface area contributed by atoms with Gasteiger partial charge in [0.1, 0.15) is 0 Å². The molecule has 0 radical (unpaired) electrons. The quantitative estimate of drug-likeness (QED) is 0.734. The zero-order valence-corrected chi connectivity index (χ0v) is 9.81. The van der Waals surface area contributed by atoms with Crippen molar-refractivity contribution in [1.82, 2.24) is 10.6 Å². The molecular formula is C12H22N2O. The van der Waals surface area contributed by atoms with Crippen molar-refractivity contribution >= 4 is 5.91 Å². The SMILES string of the molecule is CC1(C)CC1C(=O)NCC[C@@H]1CCCN1. The van der Waals surface area contributed by atoms with Crippen molar-refractivity contribution in [1.29, 1.82) is 0 Å². The Morgan fingerprint density at radius 1 is 1.53 bits per heavy atom. The molecule has 3 nitrogen and oxygen atoms in total. The Hall–Kier alpha value is -0.570. The van der Waals surface area contributed by atoms with E-state index in [0.717, 1.165) is 25.9 Å². The van der Waals surface area contributed by atoms with Crippen LogP contribution in [0, 0.1) is 11.3 Å². The van der Waals surface area contributed by atoms with E-state index in [0.29, 0.717) is 6.04 Å². The molecule has 2 aliphatic rings. The molecule has 0 aromatic carbocycles. The summed E-state index contributed by atoms with van der Waals surface area (Å²) in [5.41, 5.74) is 0.260. The summed E-state index contributed by atoms with van der Waals surface area (Å²) in [4.78, 5) is 11.7. The summed E-state index contributed by atoms with van der Waals surface area (Å²) in [6.07, 6.45) is 4.69. The standard InChI is InChI=1S/C12H22N2O/c1-12(2)8-10(12)11(15)14-7-5-9-4-3-6-13-9/h9-10,13H,3-8H2,1-2H3,(H,14,15)/t9-,10?/m0/s1. The first-order valence-electron chi connectivity index (χ1n) is 6.11. The van der Waals surface area contributed by atoms with Gasteiger partial charge in [-0.1, -0.05) is 13.8 Å². The van der Waals surface area contributed by atoms with E-state index in [1.165, 1.54) is 12.8 Å². The topological polar surface area (TPSA) is 41.1 Å². The molecule has 3 heteroatoms. The smallest absolute Gasteiger partial charge is 0.223 e. The molecule has 86 valence electrons. The van der Waals surface area contributed by atoms with Gasteiger partial charge in [-0.2, -0.15) is 0 Å². The first-order chi connectivity index (χ1) is 7.09. The highest BCUT2D eigenvalue weighted by Gasteiger charge is 2.50. The highest BCUT2D eigenvalue weighted by atomic mass is 16.2. The van der Waals surface area contributed by atoms with Gasteiger partial charge in [0.15, 0.2) is 0 Å². The molecule has 1 heterocycles. The molecule has 0 spiro atoms. The van der Waals surface area contributed by atoms with E-state index in [1.54, 1.807) is 0 Å². The molecule has 1 aliphatic heterocycles. The Bertz CT molecular complexity index is 244. The van der Waals surface area contributed by atoms with E-state index in [9.17, 15) is 4.79 Å². The van der Waals surface area contributed by atoms with Gasteiger partial charge in [0.25, 0.3) is 0 Å². The minimum atomic E-state index is 0.260. The van der Waals surface area contributed by atoms with Crippen LogP contribution in [0.2, 0.25) is 0 Å². The number of hydrogen-bond acceptors (Lipinski definition) is 2. The molecule has 2 rings (SSSR count). The molecule has 2 fully saturated rings. The lowest BCUT2D eigenvalue weighted by molar-refractivity contribution is -0.122. The summed E-state index contributed by atoms with van der Waals surface area (Å²) < 4.78 is 0. The van der Waals surface area contributed by atoms with Crippen molar-refractivity contribution < 1.29 is 4.79 Å². The fourth-order valence-corrected chi connectivity index (χ4v) is 2.41. The third kappa shape index (κ3) is 2.71. The number of nitrogens with one attached hydrogen (secondary N) is 2. The number of amides is 1. The van der Waals surface area contributed by atoms with Gasteiger partial charge >= 0.3 is 0 Å². The number of carbonyl (C=O) groups excluding carboxylic acids is 1. The molecule has 0 bridgehead atoms. The Morgan fingerprint density at radius 2 is 2.27 bits per heavy atom. The fourth-order valence-electron chi connectivity index (χ4n) is 2.41. The van der Waals surface area contributed by atoms with Crippen LogP contribution in [-0.4, -0.2) is 25.0 Å². The van der Waals surface area contributed by atoms with Crippen LogP contribution < -0.4 is 10.6 Å². The van der Waals surface area contributed by atoms with Crippen LogP contribution in [0.15, 0.2) is 0 Å². The van der Waals surface area contributed by atoms with E-state index in [-0.39, 0.29) is 17.2 Å². The van der Waals surface area contributed by atoms with Crippen LogP contribution in [0.4, 0.5) is 0 Å². The Labute approximate surface area is 92.0 Å². The first-order valence-corrected chi connectivity index (χ1v) is 6.11. The second-order valence-corrected chi connectivity index (χ2v) is 5.62. The zero-order valence-electron chi connectivity index (χ0n) is 9.81.